The predicted molar refractivity (Wildman–Crippen MR) is 120 cm³/mol. The van der Waals surface area contributed by atoms with Gasteiger partial charge in [-0.15, -0.1) is 0 Å². The molecule has 0 atom stereocenters. The molecule has 0 saturated carbocycles. The van der Waals surface area contributed by atoms with E-state index in [1.54, 1.807) is 6.92 Å². The first-order valence-electron chi connectivity index (χ1n) is 9.38. The van der Waals surface area contributed by atoms with Crippen LogP contribution in [0.3, 0.4) is 0 Å². The van der Waals surface area contributed by atoms with Crippen LogP contribution in [0.15, 0.2) is 29.4 Å². The third-order valence-electron chi connectivity index (χ3n) is 4.87. The number of pyridine rings is 1. The Hall–Kier alpha value is -2.02. The first-order chi connectivity index (χ1) is 13.9. The van der Waals surface area contributed by atoms with Gasteiger partial charge in [-0.3, -0.25) is 4.79 Å². The molecule has 6 nitrogen and oxygen atoms in total. The first kappa shape index (κ1) is 21.7. The molecule has 2 aromatic rings. The Morgan fingerprint density at radius 3 is 2.31 bits per heavy atom. The van der Waals surface area contributed by atoms with E-state index in [0.717, 1.165) is 18.7 Å². The van der Waals surface area contributed by atoms with Gasteiger partial charge in [-0.05, 0) is 37.5 Å². The number of aromatic nitrogens is 1. The van der Waals surface area contributed by atoms with Gasteiger partial charge in [-0.2, -0.15) is 5.10 Å². The minimum absolute atomic E-state index is 0.00304. The Balaban J connectivity index is 1.70. The molecule has 29 heavy (non-hydrogen) atoms. The standard InChI is InChI=1S/C20H22Cl3N5O/c1-12(13-6-8-14(9-7-13)28-10-4-2-3-5-11-28)26-27-20(29)18-15(21)17(24)16(22)19(23)25-18/h6-9H,2-5,10-11H2,1H3,(H2,24,25)(H,27,29). The smallest absolute Gasteiger partial charge is 0.291 e. The number of carbonyl (C=O) groups is 1. The minimum atomic E-state index is -0.624. The fraction of sp³-hybridized carbons (Fsp3) is 0.350. The van der Waals surface area contributed by atoms with Crippen LogP contribution in [-0.4, -0.2) is 29.7 Å². The normalized spacial score (nSPS) is 15.2. The molecular formula is C20H22Cl3N5O. The predicted octanol–water partition coefficient (Wildman–Crippen LogP) is 5.16. The third-order valence-corrected chi connectivity index (χ3v) is 6.00. The Morgan fingerprint density at radius 1 is 1.07 bits per heavy atom. The number of nitrogens with one attached hydrogen (secondary N) is 1. The zero-order valence-electron chi connectivity index (χ0n) is 16.0. The molecule has 1 amide bonds. The maximum absolute atomic E-state index is 12.4. The highest BCUT2D eigenvalue weighted by Gasteiger charge is 2.19. The van der Waals surface area contributed by atoms with E-state index in [2.05, 4.69) is 32.5 Å². The van der Waals surface area contributed by atoms with Gasteiger partial charge in [0, 0.05) is 18.8 Å². The highest BCUT2D eigenvalue weighted by Crippen LogP contribution is 2.34. The summed E-state index contributed by atoms with van der Waals surface area (Å²) in [7, 11) is 0. The van der Waals surface area contributed by atoms with Crippen LogP contribution in [0.25, 0.3) is 0 Å². The van der Waals surface area contributed by atoms with Crippen molar-refractivity contribution in [3.8, 4) is 0 Å². The SMILES string of the molecule is CC(=NNC(=O)c1nc(Cl)c(Cl)c(N)c1Cl)c1ccc(N2CCCCCC2)cc1. The van der Waals surface area contributed by atoms with E-state index in [0.29, 0.717) is 5.71 Å². The number of amides is 1. The van der Waals surface area contributed by atoms with Gasteiger partial charge >= 0.3 is 0 Å². The van der Waals surface area contributed by atoms with E-state index in [1.807, 2.05) is 12.1 Å². The Labute approximate surface area is 185 Å². The molecule has 1 aromatic carbocycles. The largest absolute Gasteiger partial charge is 0.396 e. The van der Waals surface area contributed by atoms with E-state index in [4.69, 9.17) is 40.5 Å². The number of anilines is 2. The van der Waals surface area contributed by atoms with Gasteiger partial charge in [0.05, 0.1) is 16.4 Å². The molecule has 9 heteroatoms. The van der Waals surface area contributed by atoms with Crippen molar-refractivity contribution in [3.05, 3.63) is 50.7 Å². The molecule has 2 heterocycles. The summed E-state index contributed by atoms with van der Waals surface area (Å²) in [4.78, 5) is 18.7. The van der Waals surface area contributed by atoms with Gasteiger partial charge in [-0.1, -0.05) is 59.8 Å². The van der Waals surface area contributed by atoms with Gasteiger partial charge in [0.25, 0.3) is 5.91 Å². The van der Waals surface area contributed by atoms with Gasteiger partial charge in [-0.25, -0.2) is 10.4 Å². The van der Waals surface area contributed by atoms with Crippen LogP contribution in [0.5, 0.6) is 0 Å². The van der Waals surface area contributed by atoms with Crippen molar-refractivity contribution < 1.29 is 4.79 Å². The van der Waals surface area contributed by atoms with E-state index < -0.39 is 5.91 Å². The molecule has 0 aliphatic carbocycles. The van der Waals surface area contributed by atoms with E-state index in [1.165, 1.54) is 31.4 Å². The second-order valence-corrected chi connectivity index (χ2v) is 7.99. The molecule has 1 saturated heterocycles. The van der Waals surface area contributed by atoms with Crippen molar-refractivity contribution in [2.24, 2.45) is 5.10 Å². The molecular weight excluding hydrogens is 433 g/mol. The maximum atomic E-state index is 12.4. The van der Waals surface area contributed by atoms with Crippen molar-refractivity contribution in [3.63, 3.8) is 0 Å². The van der Waals surface area contributed by atoms with Gasteiger partial charge in [0.1, 0.15) is 5.02 Å². The van der Waals surface area contributed by atoms with Crippen LogP contribution in [0, 0.1) is 0 Å². The molecule has 1 aliphatic heterocycles. The summed E-state index contributed by atoms with van der Waals surface area (Å²) < 4.78 is 0. The lowest BCUT2D eigenvalue weighted by Gasteiger charge is -2.22. The zero-order valence-corrected chi connectivity index (χ0v) is 18.3. The lowest BCUT2D eigenvalue weighted by atomic mass is 10.1. The van der Waals surface area contributed by atoms with Crippen LogP contribution in [0.4, 0.5) is 11.4 Å². The maximum Gasteiger partial charge on any atom is 0.291 e. The van der Waals surface area contributed by atoms with E-state index >= 15 is 0 Å². The number of nitrogens with zero attached hydrogens (tertiary/aromatic N) is 3. The van der Waals surface area contributed by atoms with Crippen LogP contribution in [-0.2, 0) is 0 Å². The fourth-order valence-electron chi connectivity index (χ4n) is 3.18. The van der Waals surface area contributed by atoms with Crippen LogP contribution in [0.2, 0.25) is 15.2 Å². The molecule has 0 bridgehead atoms. The Morgan fingerprint density at radius 2 is 1.69 bits per heavy atom. The average molecular weight is 455 g/mol. The summed E-state index contributed by atoms with van der Waals surface area (Å²) in [6.07, 6.45) is 5.04. The lowest BCUT2D eigenvalue weighted by Crippen LogP contribution is -2.23. The number of hydrogen-bond donors (Lipinski definition) is 2. The van der Waals surface area contributed by atoms with Crippen molar-refractivity contribution in [1.82, 2.24) is 10.4 Å². The number of carbonyl (C=O) groups excluding carboxylic acids is 1. The van der Waals surface area contributed by atoms with E-state index in [-0.39, 0.29) is 26.6 Å². The van der Waals surface area contributed by atoms with Crippen LogP contribution >= 0.6 is 34.8 Å². The second kappa shape index (κ2) is 9.65. The number of rotatable bonds is 4. The van der Waals surface area contributed by atoms with Gasteiger partial charge < -0.3 is 10.6 Å². The summed E-state index contributed by atoms with van der Waals surface area (Å²) in [5, 5.41) is 3.99. The highest BCUT2D eigenvalue weighted by molar-refractivity contribution is 6.46. The van der Waals surface area contributed by atoms with E-state index in [9.17, 15) is 4.79 Å². The van der Waals surface area contributed by atoms with Gasteiger partial charge in [0.15, 0.2) is 10.8 Å². The van der Waals surface area contributed by atoms with Gasteiger partial charge in [0.2, 0.25) is 0 Å². The van der Waals surface area contributed by atoms with Crippen molar-refractivity contribution in [2.45, 2.75) is 32.6 Å². The summed E-state index contributed by atoms with van der Waals surface area (Å²) in [6.45, 7) is 3.98. The Bertz CT molecular complexity index is 923. The molecule has 154 valence electrons. The second-order valence-electron chi connectivity index (χ2n) is 6.88. The molecule has 3 N–H and O–H groups in total. The number of benzene rings is 1. The lowest BCUT2D eigenvalue weighted by molar-refractivity contribution is 0.0950. The summed E-state index contributed by atoms with van der Waals surface area (Å²) in [5.74, 6) is -0.624. The summed E-state index contributed by atoms with van der Waals surface area (Å²) in [5.41, 5.74) is 10.8. The number of halogens is 3. The van der Waals surface area contributed by atoms with Crippen molar-refractivity contribution in [2.75, 3.05) is 23.7 Å². The molecule has 1 fully saturated rings. The summed E-state index contributed by atoms with van der Waals surface area (Å²) >= 11 is 17.8. The van der Waals surface area contributed by atoms with Crippen molar-refractivity contribution >= 4 is 57.8 Å². The molecule has 3 rings (SSSR count). The zero-order chi connectivity index (χ0) is 21.0. The number of nitrogen functional groups attached to an aromatic ring is 1. The Kier molecular flexibility index (Phi) is 7.22. The minimum Gasteiger partial charge on any atom is -0.396 e. The number of hydrogen-bond acceptors (Lipinski definition) is 5. The molecule has 1 aliphatic rings. The molecule has 1 aromatic heterocycles. The number of hydrazone groups is 1. The molecule has 0 radical (unpaired) electrons. The highest BCUT2D eigenvalue weighted by atomic mass is 35.5. The van der Waals surface area contributed by atoms with Crippen molar-refractivity contribution in [1.29, 1.82) is 0 Å². The monoisotopic (exact) mass is 453 g/mol. The fourth-order valence-corrected chi connectivity index (χ4v) is 3.77. The molecule has 0 spiro atoms. The number of nitrogens with two attached hydrogens (primary N) is 1. The first-order valence-corrected chi connectivity index (χ1v) is 10.5. The van der Waals surface area contributed by atoms with Crippen LogP contribution in [0.1, 0.15) is 48.7 Å². The topological polar surface area (TPSA) is 83.6 Å². The quantitative estimate of drug-likeness (QED) is 0.380. The molecule has 0 unspecified atom stereocenters. The summed E-state index contributed by atoms with van der Waals surface area (Å²) in [6, 6.07) is 8.15. The van der Waals surface area contributed by atoms with Crippen LogP contribution < -0.4 is 16.1 Å². The third kappa shape index (κ3) is 5.13. The average Bonchev–Trinajstić information content (AvgIpc) is 3.02.